The Labute approximate surface area is 154 Å². The van der Waals surface area contributed by atoms with E-state index in [0.29, 0.717) is 18.1 Å². The molecule has 0 fully saturated rings. The molecule has 0 amide bonds. The molecule has 0 radical (unpaired) electrons. The second-order valence-electron chi connectivity index (χ2n) is 5.87. The summed E-state index contributed by atoms with van der Waals surface area (Å²) in [6.45, 7) is 2.54. The first-order valence-electron chi connectivity index (χ1n) is 8.46. The van der Waals surface area contributed by atoms with Crippen LogP contribution in [-0.4, -0.2) is 13.3 Å². The number of anilines is 1. The van der Waals surface area contributed by atoms with Crippen molar-refractivity contribution < 1.29 is 9.47 Å². The molecule has 0 aliphatic carbocycles. The van der Waals surface area contributed by atoms with Gasteiger partial charge in [0.25, 0.3) is 0 Å². The van der Waals surface area contributed by atoms with E-state index in [1.54, 1.807) is 13.3 Å². The van der Waals surface area contributed by atoms with Gasteiger partial charge in [0, 0.05) is 0 Å². The van der Waals surface area contributed by atoms with Crippen molar-refractivity contribution in [3.8, 4) is 11.5 Å². The number of hydrogen-bond acceptors (Lipinski definition) is 4. The number of methoxy groups -OCH3 is 1. The molecule has 3 aromatic carbocycles. The lowest BCUT2D eigenvalue weighted by molar-refractivity contribution is 0.284. The van der Waals surface area contributed by atoms with Crippen LogP contribution >= 0.6 is 0 Å². The zero-order valence-corrected chi connectivity index (χ0v) is 15.0. The van der Waals surface area contributed by atoms with Crippen LogP contribution in [0.1, 0.15) is 16.7 Å². The van der Waals surface area contributed by atoms with Gasteiger partial charge in [-0.1, -0.05) is 48.5 Å². The van der Waals surface area contributed by atoms with Gasteiger partial charge in [0.15, 0.2) is 11.5 Å². The average molecular weight is 346 g/mol. The maximum absolute atomic E-state index is 5.87. The van der Waals surface area contributed by atoms with Gasteiger partial charge in [-0.2, -0.15) is 5.10 Å². The molecule has 0 heterocycles. The van der Waals surface area contributed by atoms with Crippen LogP contribution in [-0.2, 0) is 6.61 Å². The second-order valence-corrected chi connectivity index (χ2v) is 5.87. The molecule has 0 aliphatic heterocycles. The number of hydrazone groups is 1. The Hall–Kier alpha value is -3.27. The number of nitrogens with zero attached hydrogens (tertiary/aromatic N) is 1. The smallest absolute Gasteiger partial charge is 0.161 e. The molecular weight excluding hydrogens is 324 g/mol. The molecule has 0 atom stereocenters. The highest BCUT2D eigenvalue weighted by atomic mass is 16.5. The summed E-state index contributed by atoms with van der Waals surface area (Å²) in [5.74, 6) is 1.39. The molecule has 3 rings (SSSR count). The van der Waals surface area contributed by atoms with Gasteiger partial charge in [0.1, 0.15) is 6.61 Å². The average Bonchev–Trinajstić information content (AvgIpc) is 2.69. The number of benzene rings is 3. The lowest BCUT2D eigenvalue weighted by Gasteiger charge is -2.11. The van der Waals surface area contributed by atoms with Crippen LogP contribution in [0, 0.1) is 6.92 Å². The molecule has 4 nitrogen and oxygen atoms in total. The minimum Gasteiger partial charge on any atom is -0.493 e. The Morgan fingerprint density at radius 3 is 2.46 bits per heavy atom. The highest BCUT2D eigenvalue weighted by molar-refractivity contribution is 5.81. The normalized spacial score (nSPS) is 10.7. The van der Waals surface area contributed by atoms with Crippen molar-refractivity contribution >= 4 is 11.9 Å². The van der Waals surface area contributed by atoms with Crippen molar-refractivity contribution in [1.29, 1.82) is 0 Å². The first-order chi connectivity index (χ1) is 12.8. The maximum atomic E-state index is 5.87. The zero-order valence-electron chi connectivity index (χ0n) is 15.0. The SMILES string of the molecule is COc1cc(/C=N/Nc2ccccc2C)ccc1OCc1ccccc1. The monoisotopic (exact) mass is 346 g/mol. The van der Waals surface area contributed by atoms with Crippen LogP contribution in [0.4, 0.5) is 5.69 Å². The molecule has 26 heavy (non-hydrogen) atoms. The van der Waals surface area contributed by atoms with Crippen LogP contribution in [0.2, 0.25) is 0 Å². The molecule has 4 heteroatoms. The molecule has 0 aliphatic rings. The lowest BCUT2D eigenvalue weighted by atomic mass is 10.2. The summed E-state index contributed by atoms with van der Waals surface area (Å²) in [7, 11) is 1.64. The summed E-state index contributed by atoms with van der Waals surface area (Å²) in [6.07, 6.45) is 1.76. The number of para-hydroxylation sites is 1. The third-order valence-electron chi connectivity index (χ3n) is 3.97. The summed E-state index contributed by atoms with van der Waals surface area (Å²) in [5, 5.41) is 4.30. The molecule has 3 aromatic rings. The van der Waals surface area contributed by atoms with Crippen molar-refractivity contribution in [3.05, 3.63) is 89.5 Å². The fraction of sp³-hybridized carbons (Fsp3) is 0.136. The lowest BCUT2D eigenvalue weighted by Crippen LogP contribution is -1.98. The predicted octanol–water partition coefficient (Wildman–Crippen LogP) is 5.03. The summed E-state index contributed by atoms with van der Waals surface area (Å²) in [4.78, 5) is 0. The van der Waals surface area contributed by atoms with Gasteiger partial charge in [0.2, 0.25) is 0 Å². The third kappa shape index (κ3) is 4.63. The molecular formula is C22H22N2O2. The standard InChI is InChI=1S/C22H22N2O2/c1-17-8-6-7-11-20(17)24-23-15-19-12-13-21(22(14-19)25-2)26-16-18-9-4-3-5-10-18/h3-15,24H,16H2,1-2H3/b23-15+. The Balaban J connectivity index is 1.66. The fourth-order valence-electron chi connectivity index (χ4n) is 2.49. The van der Waals surface area contributed by atoms with E-state index < -0.39 is 0 Å². The fourth-order valence-corrected chi connectivity index (χ4v) is 2.49. The van der Waals surface area contributed by atoms with E-state index in [-0.39, 0.29) is 0 Å². The van der Waals surface area contributed by atoms with E-state index in [1.165, 1.54) is 0 Å². The number of ether oxygens (including phenoxy) is 2. The number of rotatable bonds is 7. The van der Waals surface area contributed by atoms with Gasteiger partial charge in [0.05, 0.1) is 19.0 Å². The van der Waals surface area contributed by atoms with E-state index in [0.717, 1.165) is 22.4 Å². The molecule has 0 saturated carbocycles. The largest absolute Gasteiger partial charge is 0.493 e. The van der Waals surface area contributed by atoms with Crippen molar-refractivity contribution in [2.75, 3.05) is 12.5 Å². The zero-order chi connectivity index (χ0) is 18.2. The van der Waals surface area contributed by atoms with Crippen LogP contribution in [0.5, 0.6) is 11.5 Å². The van der Waals surface area contributed by atoms with E-state index in [9.17, 15) is 0 Å². The predicted molar refractivity (Wildman–Crippen MR) is 106 cm³/mol. The molecule has 0 bridgehead atoms. The topological polar surface area (TPSA) is 42.8 Å². The van der Waals surface area contributed by atoms with Gasteiger partial charge in [-0.05, 0) is 47.9 Å². The molecule has 0 spiro atoms. The summed E-state index contributed by atoms with van der Waals surface area (Å²) >= 11 is 0. The van der Waals surface area contributed by atoms with E-state index >= 15 is 0 Å². The Kier molecular flexibility index (Phi) is 5.88. The number of hydrogen-bond donors (Lipinski definition) is 1. The second kappa shape index (κ2) is 8.72. The Morgan fingerprint density at radius 1 is 0.923 bits per heavy atom. The quantitative estimate of drug-likeness (QED) is 0.482. The first-order valence-corrected chi connectivity index (χ1v) is 8.46. The van der Waals surface area contributed by atoms with Crippen molar-refractivity contribution in [1.82, 2.24) is 0 Å². The summed E-state index contributed by atoms with van der Waals surface area (Å²) in [5.41, 5.74) is 7.23. The number of aryl methyl sites for hydroxylation is 1. The summed E-state index contributed by atoms with van der Waals surface area (Å²) in [6, 6.07) is 23.8. The van der Waals surface area contributed by atoms with Gasteiger partial charge < -0.3 is 9.47 Å². The van der Waals surface area contributed by atoms with Gasteiger partial charge in [-0.25, -0.2) is 0 Å². The van der Waals surface area contributed by atoms with Crippen molar-refractivity contribution in [2.45, 2.75) is 13.5 Å². The maximum Gasteiger partial charge on any atom is 0.161 e. The molecule has 132 valence electrons. The minimum atomic E-state index is 0.499. The van der Waals surface area contributed by atoms with E-state index in [1.807, 2.05) is 79.7 Å². The molecule has 0 aromatic heterocycles. The van der Waals surface area contributed by atoms with E-state index in [2.05, 4.69) is 10.5 Å². The Morgan fingerprint density at radius 2 is 1.69 bits per heavy atom. The van der Waals surface area contributed by atoms with Gasteiger partial charge in [-0.3, -0.25) is 5.43 Å². The van der Waals surface area contributed by atoms with Crippen LogP contribution in [0.15, 0.2) is 77.9 Å². The summed E-state index contributed by atoms with van der Waals surface area (Å²) < 4.78 is 11.3. The third-order valence-corrected chi connectivity index (χ3v) is 3.97. The Bertz CT molecular complexity index is 876. The number of nitrogens with one attached hydrogen (secondary N) is 1. The van der Waals surface area contributed by atoms with Crippen LogP contribution < -0.4 is 14.9 Å². The molecule has 0 unspecified atom stereocenters. The molecule has 0 saturated heterocycles. The van der Waals surface area contributed by atoms with Gasteiger partial charge >= 0.3 is 0 Å². The molecule has 1 N–H and O–H groups in total. The van der Waals surface area contributed by atoms with Crippen molar-refractivity contribution in [3.63, 3.8) is 0 Å². The van der Waals surface area contributed by atoms with Crippen molar-refractivity contribution in [2.24, 2.45) is 5.10 Å². The first kappa shape index (κ1) is 17.5. The highest BCUT2D eigenvalue weighted by Crippen LogP contribution is 2.28. The van der Waals surface area contributed by atoms with E-state index in [4.69, 9.17) is 9.47 Å². The highest BCUT2D eigenvalue weighted by Gasteiger charge is 2.05. The van der Waals surface area contributed by atoms with Crippen LogP contribution in [0.25, 0.3) is 0 Å². The van der Waals surface area contributed by atoms with Crippen LogP contribution in [0.3, 0.4) is 0 Å². The van der Waals surface area contributed by atoms with Gasteiger partial charge in [-0.15, -0.1) is 0 Å². The minimum absolute atomic E-state index is 0.499.